The molecule has 7 nitrogen and oxygen atoms in total. The van der Waals surface area contributed by atoms with E-state index in [9.17, 15) is 10.0 Å². The SMILES string of the molecule is CCN(CC)c1ccc(/C=N/NC(=O)c2c[n+]([O-])ccn2)cc1. The number of aromatic nitrogens is 2. The van der Waals surface area contributed by atoms with Crippen LogP contribution in [0.25, 0.3) is 0 Å². The normalized spacial score (nSPS) is 10.7. The van der Waals surface area contributed by atoms with Gasteiger partial charge in [0.1, 0.15) is 0 Å². The van der Waals surface area contributed by atoms with Crippen molar-refractivity contribution < 1.29 is 9.52 Å². The Morgan fingerprint density at radius 1 is 1.35 bits per heavy atom. The summed E-state index contributed by atoms with van der Waals surface area (Å²) in [5.41, 5.74) is 4.36. The molecule has 120 valence electrons. The number of rotatable bonds is 6. The number of carbonyl (C=O) groups excluding carboxylic acids is 1. The number of nitrogens with zero attached hydrogens (tertiary/aromatic N) is 4. The van der Waals surface area contributed by atoms with Crippen LogP contribution < -0.4 is 15.1 Å². The van der Waals surface area contributed by atoms with Crippen LogP contribution in [0.15, 0.2) is 48.0 Å². The third kappa shape index (κ3) is 4.50. The van der Waals surface area contributed by atoms with E-state index in [1.54, 1.807) is 0 Å². The van der Waals surface area contributed by atoms with E-state index in [1.807, 2.05) is 24.3 Å². The number of carbonyl (C=O) groups is 1. The molecule has 0 saturated heterocycles. The average molecular weight is 313 g/mol. The van der Waals surface area contributed by atoms with Crippen molar-refractivity contribution >= 4 is 17.8 Å². The minimum absolute atomic E-state index is 0.0107. The van der Waals surface area contributed by atoms with Gasteiger partial charge in [0.2, 0.25) is 6.20 Å². The highest BCUT2D eigenvalue weighted by Crippen LogP contribution is 2.13. The fourth-order valence-electron chi connectivity index (χ4n) is 2.08. The minimum Gasteiger partial charge on any atom is -0.619 e. The zero-order chi connectivity index (χ0) is 16.7. The van der Waals surface area contributed by atoms with E-state index < -0.39 is 5.91 Å². The van der Waals surface area contributed by atoms with E-state index >= 15 is 0 Å². The molecule has 0 fully saturated rings. The Balaban J connectivity index is 1.96. The number of amides is 1. The van der Waals surface area contributed by atoms with Gasteiger partial charge >= 0.3 is 0 Å². The van der Waals surface area contributed by atoms with E-state index in [2.05, 4.69) is 34.3 Å². The van der Waals surface area contributed by atoms with Gasteiger partial charge in [-0.3, -0.25) is 4.79 Å². The molecule has 2 rings (SSSR count). The highest BCUT2D eigenvalue weighted by atomic mass is 16.5. The van der Waals surface area contributed by atoms with Gasteiger partial charge in [-0.2, -0.15) is 9.83 Å². The Hall–Kier alpha value is -2.96. The predicted molar refractivity (Wildman–Crippen MR) is 88.3 cm³/mol. The quantitative estimate of drug-likeness (QED) is 0.377. The molecular weight excluding hydrogens is 294 g/mol. The number of benzene rings is 1. The van der Waals surface area contributed by atoms with Crippen molar-refractivity contribution in [3.63, 3.8) is 0 Å². The molecule has 0 unspecified atom stereocenters. The largest absolute Gasteiger partial charge is 0.619 e. The summed E-state index contributed by atoms with van der Waals surface area (Å²) in [6.07, 6.45) is 5.09. The first kappa shape index (κ1) is 16.4. The number of hydrogen-bond donors (Lipinski definition) is 1. The van der Waals surface area contributed by atoms with Crippen molar-refractivity contribution in [1.29, 1.82) is 0 Å². The molecule has 0 radical (unpaired) electrons. The van der Waals surface area contributed by atoms with Gasteiger partial charge in [0, 0.05) is 18.8 Å². The number of nitrogens with one attached hydrogen (secondary N) is 1. The summed E-state index contributed by atoms with van der Waals surface area (Å²) in [4.78, 5) is 17.8. The second-order valence-corrected chi connectivity index (χ2v) is 4.76. The van der Waals surface area contributed by atoms with Crippen LogP contribution in [0.5, 0.6) is 0 Å². The predicted octanol–water partition coefficient (Wildman–Crippen LogP) is 1.33. The number of anilines is 1. The van der Waals surface area contributed by atoms with Crippen LogP contribution in [0.1, 0.15) is 29.9 Å². The van der Waals surface area contributed by atoms with Crippen LogP contribution in [0.4, 0.5) is 5.69 Å². The summed E-state index contributed by atoms with van der Waals surface area (Å²) in [6, 6.07) is 7.87. The first-order valence-electron chi connectivity index (χ1n) is 7.37. The van der Waals surface area contributed by atoms with E-state index in [4.69, 9.17) is 0 Å². The molecule has 0 saturated carbocycles. The van der Waals surface area contributed by atoms with Crippen LogP contribution in [-0.4, -0.2) is 30.2 Å². The topological polar surface area (TPSA) is 84.5 Å². The Bertz CT molecular complexity index is 681. The molecule has 1 heterocycles. The molecule has 0 bridgehead atoms. The molecule has 23 heavy (non-hydrogen) atoms. The van der Waals surface area contributed by atoms with Gasteiger partial charge in [-0.15, -0.1) is 0 Å². The maximum Gasteiger partial charge on any atom is 0.296 e. The summed E-state index contributed by atoms with van der Waals surface area (Å²) in [7, 11) is 0. The maximum absolute atomic E-state index is 11.8. The van der Waals surface area contributed by atoms with Crippen LogP contribution in [0, 0.1) is 5.21 Å². The van der Waals surface area contributed by atoms with Crippen LogP contribution in [0.3, 0.4) is 0 Å². The summed E-state index contributed by atoms with van der Waals surface area (Å²) in [5, 5.41) is 15.0. The van der Waals surface area contributed by atoms with Crippen LogP contribution >= 0.6 is 0 Å². The fourth-order valence-corrected chi connectivity index (χ4v) is 2.08. The summed E-state index contributed by atoms with van der Waals surface area (Å²) >= 11 is 0. The lowest BCUT2D eigenvalue weighted by molar-refractivity contribution is -0.606. The van der Waals surface area contributed by atoms with E-state index in [0.29, 0.717) is 4.73 Å². The fraction of sp³-hybridized carbons (Fsp3) is 0.250. The summed E-state index contributed by atoms with van der Waals surface area (Å²) in [6.45, 7) is 6.11. The van der Waals surface area contributed by atoms with Gasteiger partial charge in [0.25, 0.3) is 5.91 Å². The Labute approximate surface area is 134 Å². The molecule has 0 spiro atoms. The highest BCUT2D eigenvalue weighted by molar-refractivity contribution is 5.92. The van der Waals surface area contributed by atoms with E-state index in [0.717, 1.165) is 30.5 Å². The maximum atomic E-state index is 11.8. The third-order valence-electron chi connectivity index (χ3n) is 3.31. The standard InChI is InChI=1S/C16H19N5O2/c1-3-20(4-2)14-7-5-13(6-8-14)11-18-19-16(22)15-12-21(23)10-9-17-15/h5-12H,3-4H2,1-2H3,(H,19,22)/b18-11+. The van der Waals surface area contributed by atoms with E-state index in [-0.39, 0.29) is 5.69 Å². The monoisotopic (exact) mass is 313 g/mol. The van der Waals surface area contributed by atoms with Gasteiger partial charge in [-0.05, 0) is 31.5 Å². The Kier molecular flexibility index (Phi) is 5.62. The first-order valence-corrected chi connectivity index (χ1v) is 7.37. The lowest BCUT2D eigenvalue weighted by Gasteiger charge is -2.20. The third-order valence-corrected chi connectivity index (χ3v) is 3.31. The molecule has 0 aliphatic carbocycles. The molecule has 1 amide bonds. The van der Waals surface area contributed by atoms with Gasteiger partial charge in [0.05, 0.1) is 12.4 Å². The minimum atomic E-state index is -0.536. The number of hydrazone groups is 1. The molecule has 0 atom stereocenters. The lowest BCUT2D eigenvalue weighted by atomic mass is 10.2. The molecule has 1 aromatic carbocycles. The molecule has 1 N–H and O–H groups in total. The Morgan fingerprint density at radius 3 is 2.65 bits per heavy atom. The van der Waals surface area contributed by atoms with Crippen molar-refractivity contribution in [2.45, 2.75) is 13.8 Å². The van der Waals surface area contributed by atoms with Crippen LogP contribution in [-0.2, 0) is 0 Å². The smallest absolute Gasteiger partial charge is 0.296 e. The van der Waals surface area contributed by atoms with Crippen molar-refractivity contribution in [2.24, 2.45) is 5.10 Å². The van der Waals surface area contributed by atoms with E-state index in [1.165, 1.54) is 18.6 Å². The summed E-state index contributed by atoms with van der Waals surface area (Å²) < 4.78 is 0.511. The molecular formula is C16H19N5O2. The molecule has 2 aromatic rings. The van der Waals surface area contributed by atoms with Gasteiger partial charge in [-0.1, -0.05) is 12.1 Å². The summed E-state index contributed by atoms with van der Waals surface area (Å²) in [5.74, 6) is -0.536. The molecule has 0 aliphatic rings. The van der Waals surface area contributed by atoms with Crippen molar-refractivity contribution in [1.82, 2.24) is 10.4 Å². The second kappa shape index (κ2) is 7.88. The van der Waals surface area contributed by atoms with Gasteiger partial charge < -0.3 is 10.1 Å². The first-order chi connectivity index (χ1) is 11.1. The second-order valence-electron chi connectivity index (χ2n) is 4.76. The lowest BCUT2D eigenvalue weighted by Crippen LogP contribution is -2.29. The average Bonchev–Trinajstić information content (AvgIpc) is 2.57. The molecule has 7 heteroatoms. The van der Waals surface area contributed by atoms with Crippen LogP contribution in [0.2, 0.25) is 0 Å². The Morgan fingerprint density at radius 2 is 2.04 bits per heavy atom. The van der Waals surface area contributed by atoms with Crippen molar-refractivity contribution in [3.05, 3.63) is 59.3 Å². The van der Waals surface area contributed by atoms with Crippen molar-refractivity contribution in [2.75, 3.05) is 18.0 Å². The zero-order valence-electron chi connectivity index (χ0n) is 13.1. The highest BCUT2D eigenvalue weighted by Gasteiger charge is 2.09. The van der Waals surface area contributed by atoms with Gasteiger partial charge in [-0.25, -0.2) is 10.4 Å². The molecule has 1 aromatic heterocycles. The van der Waals surface area contributed by atoms with Gasteiger partial charge in [0.15, 0.2) is 11.9 Å². The van der Waals surface area contributed by atoms with Crippen molar-refractivity contribution in [3.8, 4) is 0 Å². The molecule has 0 aliphatic heterocycles. The zero-order valence-corrected chi connectivity index (χ0v) is 13.1. The number of hydrogen-bond acceptors (Lipinski definition) is 5.